The van der Waals surface area contributed by atoms with Gasteiger partial charge in [0.05, 0.1) is 17.0 Å². The summed E-state index contributed by atoms with van der Waals surface area (Å²) in [5.41, 5.74) is -0.507. The second-order valence-electron chi connectivity index (χ2n) is 4.76. The average molecular weight is 330 g/mol. The number of carboxylic acids is 1. The van der Waals surface area contributed by atoms with E-state index in [1.165, 1.54) is 13.8 Å². The maximum absolute atomic E-state index is 11.8. The van der Waals surface area contributed by atoms with E-state index in [2.05, 4.69) is 21.2 Å². The molecule has 0 fully saturated rings. The number of methoxy groups -OCH3 is 1. The highest BCUT2D eigenvalue weighted by molar-refractivity contribution is 9.10. The standard InChI is InChI=1S/C13H16BrNO4/c1-13(2,12(17)18)7-11(16)15-8-4-5-10(19-3)9(14)6-8/h4-6H,7H2,1-3H3,(H,15,16)(H,17,18). The van der Waals surface area contributed by atoms with Gasteiger partial charge in [-0.2, -0.15) is 0 Å². The van der Waals surface area contributed by atoms with Crippen molar-refractivity contribution in [3.05, 3.63) is 22.7 Å². The minimum absolute atomic E-state index is 0.0913. The summed E-state index contributed by atoms with van der Waals surface area (Å²) in [6.45, 7) is 3.03. The molecule has 0 heterocycles. The lowest BCUT2D eigenvalue weighted by atomic mass is 9.89. The Morgan fingerprint density at radius 1 is 1.42 bits per heavy atom. The third-order valence-corrected chi connectivity index (χ3v) is 3.24. The molecule has 19 heavy (non-hydrogen) atoms. The van der Waals surface area contributed by atoms with Gasteiger partial charge in [-0.15, -0.1) is 0 Å². The van der Waals surface area contributed by atoms with Crippen LogP contribution < -0.4 is 10.1 Å². The van der Waals surface area contributed by atoms with E-state index in [9.17, 15) is 9.59 Å². The molecule has 1 aromatic rings. The molecule has 0 radical (unpaired) electrons. The molecule has 1 aromatic carbocycles. The van der Waals surface area contributed by atoms with Crippen LogP contribution in [0.3, 0.4) is 0 Å². The molecular formula is C13H16BrNO4. The number of hydrogen-bond acceptors (Lipinski definition) is 3. The number of halogens is 1. The van der Waals surface area contributed by atoms with Gasteiger partial charge in [-0.1, -0.05) is 0 Å². The van der Waals surface area contributed by atoms with Gasteiger partial charge >= 0.3 is 5.97 Å². The molecular weight excluding hydrogens is 314 g/mol. The van der Waals surface area contributed by atoms with E-state index in [-0.39, 0.29) is 12.3 Å². The quantitative estimate of drug-likeness (QED) is 0.870. The largest absolute Gasteiger partial charge is 0.496 e. The monoisotopic (exact) mass is 329 g/mol. The first-order valence-corrected chi connectivity index (χ1v) is 6.42. The van der Waals surface area contributed by atoms with Crippen molar-refractivity contribution in [2.45, 2.75) is 20.3 Å². The normalized spacial score (nSPS) is 10.9. The number of benzene rings is 1. The fourth-order valence-electron chi connectivity index (χ4n) is 1.43. The van der Waals surface area contributed by atoms with Gasteiger partial charge in [0, 0.05) is 12.1 Å². The summed E-state index contributed by atoms with van der Waals surface area (Å²) < 4.78 is 5.79. The predicted molar refractivity (Wildman–Crippen MR) is 75.4 cm³/mol. The van der Waals surface area contributed by atoms with E-state index in [4.69, 9.17) is 9.84 Å². The van der Waals surface area contributed by atoms with Crippen LogP contribution >= 0.6 is 15.9 Å². The van der Waals surface area contributed by atoms with Crippen LogP contribution in [0.5, 0.6) is 5.75 Å². The third-order valence-electron chi connectivity index (χ3n) is 2.62. The maximum Gasteiger partial charge on any atom is 0.309 e. The van der Waals surface area contributed by atoms with Crippen molar-refractivity contribution in [2.75, 3.05) is 12.4 Å². The number of carbonyl (C=O) groups is 2. The summed E-state index contributed by atoms with van der Waals surface area (Å²) in [5, 5.41) is 11.6. The Kier molecular flexibility index (Phi) is 4.94. The lowest BCUT2D eigenvalue weighted by molar-refractivity contribution is -0.148. The maximum atomic E-state index is 11.8. The summed E-state index contributed by atoms with van der Waals surface area (Å²) in [6, 6.07) is 5.10. The lowest BCUT2D eigenvalue weighted by Crippen LogP contribution is -2.29. The zero-order chi connectivity index (χ0) is 14.6. The van der Waals surface area contributed by atoms with Gasteiger partial charge in [0.2, 0.25) is 5.91 Å². The summed E-state index contributed by atoms with van der Waals surface area (Å²) in [6.07, 6.45) is -0.0913. The number of amides is 1. The summed E-state index contributed by atoms with van der Waals surface area (Å²) in [4.78, 5) is 22.7. The highest BCUT2D eigenvalue weighted by atomic mass is 79.9. The zero-order valence-electron chi connectivity index (χ0n) is 11.0. The number of rotatable bonds is 5. The number of nitrogens with one attached hydrogen (secondary N) is 1. The molecule has 0 spiro atoms. The molecule has 104 valence electrons. The first kappa shape index (κ1) is 15.5. The molecule has 0 bridgehead atoms. The highest BCUT2D eigenvalue weighted by Gasteiger charge is 2.30. The van der Waals surface area contributed by atoms with Crippen molar-refractivity contribution < 1.29 is 19.4 Å². The van der Waals surface area contributed by atoms with Gasteiger partial charge in [-0.3, -0.25) is 9.59 Å². The molecule has 1 rings (SSSR count). The van der Waals surface area contributed by atoms with Crippen molar-refractivity contribution in [1.82, 2.24) is 0 Å². The van der Waals surface area contributed by atoms with E-state index < -0.39 is 11.4 Å². The van der Waals surface area contributed by atoms with Gasteiger partial charge in [0.25, 0.3) is 0 Å². The van der Waals surface area contributed by atoms with Crippen molar-refractivity contribution in [3.8, 4) is 5.75 Å². The second-order valence-corrected chi connectivity index (χ2v) is 5.62. The molecule has 0 saturated heterocycles. The van der Waals surface area contributed by atoms with Crippen LogP contribution in [0, 0.1) is 5.41 Å². The van der Waals surface area contributed by atoms with Crippen LogP contribution in [0.2, 0.25) is 0 Å². The lowest BCUT2D eigenvalue weighted by Gasteiger charge is -2.18. The third kappa shape index (κ3) is 4.24. The Bertz CT molecular complexity index is 499. The molecule has 0 unspecified atom stereocenters. The van der Waals surface area contributed by atoms with Crippen LogP contribution in [-0.2, 0) is 9.59 Å². The second kappa shape index (κ2) is 6.06. The summed E-state index contributed by atoms with van der Waals surface area (Å²) in [7, 11) is 1.55. The SMILES string of the molecule is COc1ccc(NC(=O)CC(C)(C)C(=O)O)cc1Br. The van der Waals surface area contributed by atoms with Crippen molar-refractivity contribution in [1.29, 1.82) is 0 Å². The van der Waals surface area contributed by atoms with Gasteiger partial charge < -0.3 is 15.2 Å². The van der Waals surface area contributed by atoms with Crippen molar-refractivity contribution in [2.24, 2.45) is 5.41 Å². The molecule has 0 saturated carbocycles. The smallest absolute Gasteiger partial charge is 0.309 e. The van der Waals surface area contributed by atoms with E-state index in [0.717, 1.165) is 0 Å². The molecule has 0 aromatic heterocycles. The number of ether oxygens (including phenoxy) is 1. The predicted octanol–water partition coefficient (Wildman–Crippen LogP) is 2.90. The first-order chi connectivity index (χ1) is 8.76. The van der Waals surface area contributed by atoms with Crippen molar-refractivity contribution in [3.63, 3.8) is 0 Å². The van der Waals surface area contributed by atoms with Crippen LogP contribution in [0.15, 0.2) is 22.7 Å². The fraction of sp³-hybridized carbons (Fsp3) is 0.385. The molecule has 6 heteroatoms. The first-order valence-electron chi connectivity index (χ1n) is 5.63. The fourth-order valence-corrected chi connectivity index (χ4v) is 1.97. The van der Waals surface area contributed by atoms with E-state index in [1.54, 1.807) is 25.3 Å². The highest BCUT2D eigenvalue weighted by Crippen LogP contribution is 2.28. The molecule has 0 aliphatic rings. The number of anilines is 1. The van der Waals surface area contributed by atoms with Gasteiger partial charge in [-0.25, -0.2) is 0 Å². The Morgan fingerprint density at radius 3 is 2.53 bits per heavy atom. The molecule has 5 nitrogen and oxygen atoms in total. The molecule has 2 N–H and O–H groups in total. The average Bonchev–Trinajstić information content (AvgIpc) is 2.28. The van der Waals surface area contributed by atoms with Crippen LogP contribution in [-0.4, -0.2) is 24.1 Å². The van der Waals surface area contributed by atoms with E-state index in [1.807, 2.05) is 0 Å². The van der Waals surface area contributed by atoms with Gasteiger partial charge in [0.1, 0.15) is 5.75 Å². The summed E-state index contributed by atoms with van der Waals surface area (Å²) >= 11 is 3.31. The Labute approximate surface area is 120 Å². The van der Waals surface area contributed by atoms with E-state index >= 15 is 0 Å². The molecule has 0 aliphatic heterocycles. The van der Waals surface area contributed by atoms with E-state index in [0.29, 0.717) is 15.9 Å². The van der Waals surface area contributed by atoms with Crippen molar-refractivity contribution >= 4 is 33.5 Å². The minimum Gasteiger partial charge on any atom is -0.496 e. The molecule has 0 aliphatic carbocycles. The zero-order valence-corrected chi connectivity index (χ0v) is 12.6. The van der Waals surface area contributed by atoms with Crippen LogP contribution in [0.4, 0.5) is 5.69 Å². The Morgan fingerprint density at radius 2 is 2.05 bits per heavy atom. The Hall–Kier alpha value is -1.56. The van der Waals surface area contributed by atoms with Crippen LogP contribution in [0.25, 0.3) is 0 Å². The van der Waals surface area contributed by atoms with Gasteiger partial charge in [0.15, 0.2) is 0 Å². The topological polar surface area (TPSA) is 75.6 Å². The molecule has 1 amide bonds. The Balaban J connectivity index is 2.73. The number of aliphatic carboxylic acids is 1. The number of carbonyl (C=O) groups excluding carboxylic acids is 1. The number of carboxylic acid groups (broad SMARTS) is 1. The van der Waals surface area contributed by atoms with Gasteiger partial charge in [-0.05, 0) is 48.0 Å². The van der Waals surface area contributed by atoms with Crippen LogP contribution in [0.1, 0.15) is 20.3 Å². The summed E-state index contributed by atoms with van der Waals surface area (Å²) in [5.74, 6) is -0.688. The number of hydrogen-bond donors (Lipinski definition) is 2. The molecule has 0 atom stereocenters. The minimum atomic E-state index is -1.09.